The Labute approximate surface area is 170 Å². The lowest BCUT2D eigenvalue weighted by atomic mass is 10.1. The topological polar surface area (TPSA) is 54.9 Å². The van der Waals surface area contributed by atoms with Gasteiger partial charge in [0.05, 0.1) is 11.1 Å². The first kappa shape index (κ1) is 19.5. The van der Waals surface area contributed by atoms with Crippen molar-refractivity contribution in [2.45, 2.75) is 6.42 Å². The summed E-state index contributed by atoms with van der Waals surface area (Å²) in [5.74, 6) is -0.345. The Morgan fingerprint density at radius 3 is 2.72 bits per heavy atom. The number of aromatic nitrogens is 1. The Morgan fingerprint density at radius 2 is 1.93 bits per heavy atom. The van der Waals surface area contributed by atoms with Crippen molar-refractivity contribution in [3.05, 3.63) is 47.5 Å². The largest absolute Gasteiger partial charge is 0.454 e. The van der Waals surface area contributed by atoms with Gasteiger partial charge < -0.3 is 14.4 Å². The molecule has 1 aliphatic heterocycles. The monoisotopic (exact) mass is 419 g/mol. The third-order valence-electron chi connectivity index (χ3n) is 4.50. The van der Waals surface area contributed by atoms with E-state index in [2.05, 4.69) is 4.98 Å². The van der Waals surface area contributed by atoms with E-state index in [4.69, 9.17) is 9.47 Å². The van der Waals surface area contributed by atoms with E-state index in [-0.39, 0.29) is 24.6 Å². The van der Waals surface area contributed by atoms with E-state index in [9.17, 15) is 13.6 Å². The number of anilines is 1. The minimum Gasteiger partial charge on any atom is -0.454 e. The molecule has 0 atom stereocenters. The number of amides is 1. The molecule has 0 N–H and O–H groups in total. The summed E-state index contributed by atoms with van der Waals surface area (Å²) >= 11 is 1.10. The summed E-state index contributed by atoms with van der Waals surface area (Å²) in [5, 5.41) is 0.345. The molecular formula is C20H19F2N3O3S. The van der Waals surface area contributed by atoms with E-state index in [1.54, 1.807) is 12.1 Å². The Morgan fingerprint density at radius 1 is 1.14 bits per heavy atom. The Bertz CT molecular complexity index is 1070. The number of carbonyl (C=O) groups is 1. The standard InChI is InChI=1S/C20H19F2N3O3S/c1-24(2)5-6-25(20-23-19-14(22)9-13(21)10-17(19)29-20)18(26)8-12-3-4-15-16(7-12)28-11-27-15/h3-4,7,9-10H,5-6,8,11H2,1-2H3. The predicted octanol–water partition coefficient (Wildman–Crippen LogP) is 3.44. The van der Waals surface area contributed by atoms with Crippen LogP contribution in [0.4, 0.5) is 13.9 Å². The van der Waals surface area contributed by atoms with E-state index in [1.165, 1.54) is 11.0 Å². The van der Waals surface area contributed by atoms with Crippen molar-refractivity contribution in [2.75, 3.05) is 38.9 Å². The summed E-state index contributed by atoms with van der Waals surface area (Å²) < 4.78 is 38.7. The van der Waals surface area contributed by atoms with Crippen molar-refractivity contribution >= 4 is 32.6 Å². The molecule has 152 valence electrons. The van der Waals surface area contributed by atoms with Crippen molar-refractivity contribution in [1.29, 1.82) is 0 Å². The average molecular weight is 419 g/mol. The highest BCUT2D eigenvalue weighted by Gasteiger charge is 2.23. The van der Waals surface area contributed by atoms with Crippen LogP contribution in [0, 0.1) is 11.6 Å². The van der Waals surface area contributed by atoms with Crippen LogP contribution < -0.4 is 14.4 Å². The first-order valence-corrected chi connectivity index (χ1v) is 9.81. The van der Waals surface area contributed by atoms with Crippen LogP contribution in [0.3, 0.4) is 0 Å². The van der Waals surface area contributed by atoms with Crippen LogP contribution in [-0.4, -0.2) is 49.8 Å². The van der Waals surface area contributed by atoms with Gasteiger partial charge in [0.1, 0.15) is 11.3 Å². The molecule has 3 aromatic rings. The quantitative estimate of drug-likeness (QED) is 0.613. The molecule has 0 saturated carbocycles. The number of rotatable bonds is 6. The van der Waals surface area contributed by atoms with Gasteiger partial charge in [-0.15, -0.1) is 0 Å². The minimum atomic E-state index is -0.738. The second-order valence-corrected chi connectivity index (χ2v) is 7.95. The second kappa shape index (κ2) is 7.92. The molecule has 1 amide bonds. The molecule has 0 saturated heterocycles. The van der Waals surface area contributed by atoms with E-state index in [0.29, 0.717) is 34.4 Å². The molecule has 0 aliphatic carbocycles. The van der Waals surface area contributed by atoms with Crippen LogP contribution in [0.1, 0.15) is 5.56 Å². The Balaban J connectivity index is 1.62. The molecule has 1 aromatic heterocycles. The van der Waals surface area contributed by atoms with Gasteiger partial charge in [-0.05, 0) is 37.9 Å². The number of hydrogen-bond donors (Lipinski definition) is 0. The van der Waals surface area contributed by atoms with Crippen LogP contribution in [0.5, 0.6) is 11.5 Å². The summed E-state index contributed by atoms with van der Waals surface area (Å²) in [5.41, 5.74) is 0.838. The first-order chi connectivity index (χ1) is 13.9. The van der Waals surface area contributed by atoms with E-state index in [0.717, 1.165) is 23.0 Å². The third-order valence-corrected chi connectivity index (χ3v) is 5.52. The average Bonchev–Trinajstić information content (AvgIpc) is 3.28. The molecule has 0 spiro atoms. The molecule has 29 heavy (non-hydrogen) atoms. The third kappa shape index (κ3) is 4.15. The van der Waals surface area contributed by atoms with Crippen molar-refractivity contribution in [3.8, 4) is 11.5 Å². The van der Waals surface area contributed by atoms with Crippen LogP contribution in [0.15, 0.2) is 30.3 Å². The lowest BCUT2D eigenvalue weighted by Gasteiger charge is -2.22. The van der Waals surface area contributed by atoms with Crippen molar-refractivity contribution in [2.24, 2.45) is 0 Å². The number of likely N-dealkylation sites (N-methyl/N-ethyl adjacent to an activating group) is 1. The van der Waals surface area contributed by atoms with Crippen LogP contribution in [0.2, 0.25) is 0 Å². The van der Waals surface area contributed by atoms with Gasteiger partial charge in [0.2, 0.25) is 12.7 Å². The number of benzene rings is 2. The lowest BCUT2D eigenvalue weighted by Crippen LogP contribution is -2.37. The zero-order chi connectivity index (χ0) is 20.5. The van der Waals surface area contributed by atoms with Crippen LogP contribution in [0.25, 0.3) is 10.2 Å². The molecule has 1 aliphatic rings. The summed E-state index contributed by atoms with van der Waals surface area (Å²) in [6.45, 7) is 1.13. The van der Waals surface area contributed by atoms with Gasteiger partial charge in [-0.3, -0.25) is 9.69 Å². The van der Waals surface area contributed by atoms with Crippen molar-refractivity contribution < 1.29 is 23.0 Å². The fourth-order valence-electron chi connectivity index (χ4n) is 3.01. The van der Waals surface area contributed by atoms with Gasteiger partial charge in [-0.1, -0.05) is 17.4 Å². The zero-order valence-corrected chi connectivity index (χ0v) is 16.8. The maximum absolute atomic E-state index is 14.1. The smallest absolute Gasteiger partial charge is 0.233 e. The number of thiazole rings is 1. The second-order valence-electron chi connectivity index (χ2n) is 6.94. The number of fused-ring (bicyclic) bond motifs is 2. The summed E-state index contributed by atoms with van der Waals surface area (Å²) in [7, 11) is 3.79. The van der Waals surface area contributed by atoms with Gasteiger partial charge in [0, 0.05) is 19.2 Å². The van der Waals surface area contributed by atoms with Gasteiger partial charge in [-0.2, -0.15) is 0 Å². The molecular weight excluding hydrogens is 400 g/mol. The Hall–Kier alpha value is -2.78. The first-order valence-electron chi connectivity index (χ1n) is 9.00. The van der Waals surface area contributed by atoms with Crippen LogP contribution >= 0.6 is 11.3 Å². The van der Waals surface area contributed by atoms with Gasteiger partial charge >= 0.3 is 0 Å². The van der Waals surface area contributed by atoms with E-state index >= 15 is 0 Å². The summed E-state index contributed by atoms with van der Waals surface area (Å²) in [6, 6.07) is 7.38. The number of nitrogens with zero attached hydrogens (tertiary/aromatic N) is 3. The van der Waals surface area contributed by atoms with Gasteiger partial charge in [-0.25, -0.2) is 13.8 Å². The SMILES string of the molecule is CN(C)CCN(C(=O)Cc1ccc2c(c1)OCO2)c1nc2c(F)cc(F)cc2s1. The van der Waals surface area contributed by atoms with Crippen LogP contribution in [-0.2, 0) is 11.2 Å². The highest BCUT2D eigenvalue weighted by Crippen LogP contribution is 2.34. The maximum atomic E-state index is 14.1. The minimum absolute atomic E-state index is 0.0668. The van der Waals surface area contributed by atoms with Gasteiger partial charge in [0.15, 0.2) is 22.4 Å². The predicted molar refractivity (Wildman–Crippen MR) is 107 cm³/mol. The molecule has 6 nitrogen and oxygen atoms in total. The molecule has 2 aromatic carbocycles. The molecule has 4 rings (SSSR count). The van der Waals surface area contributed by atoms with E-state index < -0.39 is 11.6 Å². The zero-order valence-electron chi connectivity index (χ0n) is 15.9. The number of halogens is 2. The summed E-state index contributed by atoms with van der Waals surface area (Å²) in [4.78, 5) is 20.8. The molecule has 0 fully saturated rings. The summed E-state index contributed by atoms with van der Waals surface area (Å²) in [6.07, 6.45) is 0.122. The fraction of sp³-hybridized carbons (Fsp3) is 0.300. The molecule has 0 radical (unpaired) electrons. The highest BCUT2D eigenvalue weighted by atomic mass is 32.1. The highest BCUT2D eigenvalue weighted by molar-refractivity contribution is 7.22. The number of ether oxygens (including phenoxy) is 2. The van der Waals surface area contributed by atoms with Crippen molar-refractivity contribution in [1.82, 2.24) is 9.88 Å². The number of carbonyl (C=O) groups excluding carboxylic acids is 1. The van der Waals surface area contributed by atoms with Crippen molar-refractivity contribution in [3.63, 3.8) is 0 Å². The molecule has 2 heterocycles. The number of hydrogen-bond acceptors (Lipinski definition) is 6. The normalized spacial score (nSPS) is 12.7. The fourth-order valence-corrected chi connectivity index (χ4v) is 4.06. The lowest BCUT2D eigenvalue weighted by molar-refractivity contribution is -0.118. The molecule has 0 bridgehead atoms. The Kier molecular flexibility index (Phi) is 5.33. The maximum Gasteiger partial charge on any atom is 0.233 e. The molecule has 9 heteroatoms. The van der Waals surface area contributed by atoms with Gasteiger partial charge in [0.25, 0.3) is 0 Å². The van der Waals surface area contributed by atoms with E-state index in [1.807, 2.05) is 25.1 Å². The molecule has 0 unspecified atom stereocenters.